The SMILES string of the molecule is Nc1cccc(-c2ccnc3c2C(C(=O)c2ccccc2F)CN3)c1. The van der Waals surface area contributed by atoms with Gasteiger partial charge in [-0.2, -0.15) is 0 Å². The van der Waals surface area contributed by atoms with Gasteiger partial charge in [0.25, 0.3) is 0 Å². The Morgan fingerprint density at radius 2 is 2.00 bits per heavy atom. The van der Waals surface area contributed by atoms with Crippen LogP contribution in [0.25, 0.3) is 11.1 Å². The maximum atomic E-state index is 14.1. The van der Waals surface area contributed by atoms with Crippen molar-refractivity contribution >= 4 is 17.3 Å². The molecule has 0 saturated heterocycles. The molecule has 1 aromatic heterocycles. The van der Waals surface area contributed by atoms with Gasteiger partial charge in [0.2, 0.25) is 0 Å². The molecular formula is C20H16FN3O. The first-order chi connectivity index (χ1) is 12.1. The molecule has 0 bridgehead atoms. The number of anilines is 2. The van der Waals surface area contributed by atoms with Gasteiger partial charge in [-0.25, -0.2) is 9.37 Å². The molecule has 2 heterocycles. The van der Waals surface area contributed by atoms with Crippen LogP contribution in [0.5, 0.6) is 0 Å². The molecule has 0 radical (unpaired) electrons. The minimum atomic E-state index is -0.504. The molecule has 0 fully saturated rings. The predicted molar refractivity (Wildman–Crippen MR) is 96.0 cm³/mol. The maximum absolute atomic E-state index is 14.1. The van der Waals surface area contributed by atoms with Gasteiger partial charge in [0.05, 0.1) is 11.5 Å². The lowest BCUT2D eigenvalue weighted by Gasteiger charge is -2.14. The van der Waals surface area contributed by atoms with Gasteiger partial charge in [0.15, 0.2) is 5.78 Å². The number of nitrogen functional groups attached to an aromatic ring is 1. The van der Waals surface area contributed by atoms with E-state index in [4.69, 9.17) is 5.73 Å². The highest BCUT2D eigenvalue weighted by molar-refractivity contribution is 6.04. The topological polar surface area (TPSA) is 68.0 Å². The van der Waals surface area contributed by atoms with E-state index in [2.05, 4.69) is 10.3 Å². The summed E-state index contributed by atoms with van der Waals surface area (Å²) in [6.07, 6.45) is 1.69. The standard InChI is InChI=1S/C20H16FN3O/c21-17-7-2-1-6-15(17)19(25)16-11-24-20-18(16)14(8-9-23-20)12-4-3-5-13(22)10-12/h1-10,16H,11,22H2,(H,23,24). The number of hydrogen-bond donors (Lipinski definition) is 2. The van der Waals surface area contributed by atoms with Crippen molar-refractivity contribution in [3.8, 4) is 11.1 Å². The molecule has 3 N–H and O–H groups in total. The number of nitrogens with zero attached hydrogens (tertiary/aromatic N) is 1. The maximum Gasteiger partial charge on any atom is 0.175 e. The van der Waals surface area contributed by atoms with E-state index in [1.54, 1.807) is 18.3 Å². The largest absolute Gasteiger partial charge is 0.399 e. The zero-order valence-corrected chi connectivity index (χ0v) is 13.4. The average Bonchev–Trinajstić information content (AvgIpc) is 3.06. The van der Waals surface area contributed by atoms with E-state index in [1.165, 1.54) is 12.1 Å². The van der Waals surface area contributed by atoms with Crippen LogP contribution < -0.4 is 11.1 Å². The minimum Gasteiger partial charge on any atom is -0.399 e. The Balaban J connectivity index is 1.83. The summed E-state index contributed by atoms with van der Waals surface area (Å²) in [6, 6.07) is 15.4. The van der Waals surface area contributed by atoms with Crippen LogP contribution in [0.4, 0.5) is 15.9 Å². The number of aromatic nitrogens is 1. The van der Waals surface area contributed by atoms with E-state index in [-0.39, 0.29) is 11.3 Å². The van der Waals surface area contributed by atoms with Crippen molar-refractivity contribution in [3.63, 3.8) is 0 Å². The van der Waals surface area contributed by atoms with Crippen molar-refractivity contribution in [3.05, 3.63) is 77.7 Å². The highest BCUT2D eigenvalue weighted by Crippen LogP contribution is 2.40. The number of nitrogens with one attached hydrogen (secondary N) is 1. The number of benzene rings is 2. The van der Waals surface area contributed by atoms with Crippen molar-refractivity contribution in [2.75, 3.05) is 17.6 Å². The predicted octanol–water partition coefficient (Wildman–Crippen LogP) is 3.86. The zero-order valence-electron chi connectivity index (χ0n) is 13.4. The minimum absolute atomic E-state index is 0.101. The van der Waals surface area contributed by atoms with E-state index >= 15 is 0 Å². The number of nitrogens with two attached hydrogens (primary N) is 1. The van der Waals surface area contributed by atoms with Crippen molar-refractivity contribution in [1.29, 1.82) is 0 Å². The van der Waals surface area contributed by atoms with Crippen LogP contribution in [0.2, 0.25) is 0 Å². The highest BCUT2D eigenvalue weighted by atomic mass is 19.1. The van der Waals surface area contributed by atoms with Crippen molar-refractivity contribution in [2.45, 2.75) is 5.92 Å². The van der Waals surface area contributed by atoms with Gasteiger partial charge in [0, 0.05) is 24.0 Å². The van der Waals surface area contributed by atoms with Crippen molar-refractivity contribution < 1.29 is 9.18 Å². The normalized spacial score (nSPS) is 15.5. The molecule has 1 atom stereocenters. The molecule has 124 valence electrons. The molecule has 3 aromatic rings. The molecular weight excluding hydrogens is 317 g/mol. The average molecular weight is 333 g/mol. The Hall–Kier alpha value is -3.21. The molecule has 25 heavy (non-hydrogen) atoms. The number of hydrogen-bond acceptors (Lipinski definition) is 4. The van der Waals surface area contributed by atoms with Gasteiger partial charge in [-0.3, -0.25) is 4.79 Å². The van der Waals surface area contributed by atoms with Crippen molar-refractivity contribution in [2.24, 2.45) is 0 Å². The summed E-state index contributed by atoms with van der Waals surface area (Å²) in [5, 5.41) is 3.16. The van der Waals surface area contributed by atoms with Gasteiger partial charge in [-0.05, 0) is 41.5 Å². The lowest BCUT2D eigenvalue weighted by Crippen LogP contribution is -2.16. The third-order valence-electron chi connectivity index (χ3n) is 4.47. The third-order valence-corrected chi connectivity index (χ3v) is 4.47. The number of pyridine rings is 1. The van der Waals surface area contributed by atoms with E-state index in [1.807, 2.05) is 30.3 Å². The van der Waals surface area contributed by atoms with E-state index in [0.717, 1.165) is 16.7 Å². The monoisotopic (exact) mass is 333 g/mol. The lowest BCUT2D eigenvalue weighted by atomic mass is 9.88. The van der Waals surface area contributed by atoms with E-state index < -0.39 is 11.7 Å². The van der Waals surface area contributed by atoms with Crippen LogP contribution >= 0.6 is 0 Å². The van der Waals surface area contributed by atoms with Crippen LogP contribution in [-0.4, -0.2) is 17.3 Å². The summed E-state index contributed by atoms with van der Waals surface area (Å²) in [5.41, 5.74) is 9.23. The number of halogens is 1. The molecule has 5 heteroatoms. The second kappa shape index (κ2) is 6.02. The van der Waals surface area contributed by atoms with Gasteiger partial charge in [0.1, 0.15) is 11.6 Å². The first kappa shape index (κ1) is 15.3. The Labute approximate surface area is 144 Å². The molecule has 1 aliphatic heterocycles. The number of Topliss-reactive ketones (excluding diaryl/α,β-unsaturated/α-hetero) is 1. The molecule has 0 amide bonds. The Morgan fingerprint density at radius 1 is 1.16 bits per heavy atom. The number of ketones is 1. The summed E-state index contributed by atoms with van der Waals surface area (Å²) in [7, 11) is 0. The van der Waals surface area contributed by atoms with Gasteiger partial charge in [-0.15, -0.1) is 0 Å². The van der Waals surface area contributed by atoms with Gasteiger partial charge in [-0.1, -0.05) is 24.3 Å². The molecule has 0 saturated carbocycles. The first-order valence-corrected chi connectivity index (χ1v) is 8.02. The molecule has 0 spiro atoms. The number of rotatable bonds is 3. The molecule has 1 aliphatic rings. The quantitative estimate of drug-likeness (QED) is 0.564. The van der Waals surface area contributed by atoms with Crippen LogP contribution in [0.3, 0.4) is 0 Å². The summed E-state index contributed by atoms with van der Waals surface area (Å²) >= 11 is 0. The lowest BCUT2D eigenvalue weighted by molar-refractivity contribution is 0.0962. The van der Waals surface area contributed by atoms with Crippen LogP contribution in [0, 0.1) is 5.82 Å². The molecule has 0 aliphatic carbocycles. The van der Waals surface area contributed by atoms with Gasteiger partial charge >= 0.3 is 0 Å². The fraction of sp³-hybridized carbons (Fsp3) is 0.100. The fourth-order valence-electron chi connectivity index (χ4n) is 3.30. The van der Waals surface area contributed by atoms with E-state index in [9.17, 15) is 9.18 Å². The summed E-state index contributed by atoms with van der Waals surface area (Å²) in [5.74, 6) is -0.579. The summed E-state index contributed by atoms with van der Waals surface area (Å²) in [6.45, 7) is 0.398. The Morgan fingerprint density at radius 3 is 2.80 bits per heavy atom. The van der Waals surface area contributed by atoms with Crippen LogP contribution in [0.15, 0.2) is 60.8 Å². The van der Waals surface area contributed by atoms with Crippen LogP contribution in [-0.2, 0) is 0 Å². The van der Waals surface area contributed by atoms with Gasteiger partial charge < -0.3 is 11.1 Å². The smallest absolute Gasteiger partial charge is 0.175 e. The van der Waals surface area contributed by atoms with Crippen molar-refractivity contribution in [1.82, 2.24) is 4.98 Å². The van der Waals surface area contributed by atoms with E-state index in [0.29, 0.717) is 18.1 Å². The third kappa shape index (κ3) is 2.63. The molecule has 2 aromatic carbocycles. The fourth-order valence-corrected chi connectivity index (χ4v) is 3.30. The zero-order chi connectivity index (χ0) is 17.4. The van der Waals surface area contributed by atoms with Crippen LogP contribution in [0.1, 0.15) is 21.8 Å². The second-order valence-corrected chi connectivity index (χ2v) is 6.02. The Kier molecular flexibility index (Phi) is 3.69. The number of fused-ring (bicyclic) bond motifs is 1. The molecule has 4 rings (SSSR count). The number of carbonyl (C=O) groups excluding carboxylic acids is 1. The first-order valence-electron chi connectivity index (χ1n) is 8.02. The summed E-state index contributed by atoms with van der Waals surface area (Å²) < 4.78 is 14.1. The summed E-state index contributed by atoms with van der Waals surface area (Å²) in [4.78, 5) is 17.3. The Bertz CT molecular complexity index is 971. The molecule has 4 nitrogen and oxygen atoms in total. The highest BCUT2D eigenvalue weighted by Gasteiger charge is 2.33. The second-order valence-electron chi connectivity index (χ2n) is 6.02. The number of carbonyl (C=O) groups is 1. The molecule has 1 unspecified atom stereocenters.